The molecular weight excluding hydrogens is 268 g/mol. The van der Waals surface area contributed by atoms with Gasteiger partial charge in [0, 0.05) is 12.4 Å². The second-order valence-electron chi connectivity index (χ2n) is 6.08. The van der Waals surface area contributed by atoms with Gasteiger partial charge >= 0.3 is 0 Å². The van der Waals surface area contributed by atoms with E-state index >= 15 is 0 Å². The monoisotopic (exact) mass is 292 g/mol. The standard InChI is InChI=1S/C17H24O2S/c1-2-13-5-3-4-6-15(13)16(18)14-7-9-19-17(11-14)8-10-20-12-17/h3-6,14,16,18H,2,7-12H2,1H3. The fourth-order valence-electron chi connectivity index (χ4n) is 3.60. The summed E-state index contributed by atoms with van der Waals surface area (Å²) in [6.45, 7) is 2.96. The third-order valence-corrected chi connectivity index (χ3v) is 6.02. The first-order valence-electron chi connectivity index (χ1n) is 7.72. The molecule has 0 radical (unpaired) electrons. The summed E-state index contributed by atoms with van der Waals surface area (Å²) in [5.74, 6) is 2.65. The lowest BCUT2D eigenvalue weighted by Gasteiger charge is -2.40. The van der Waals surface area contributed by atoms with E-state index in [1.165, 1.54) is 11.3 Å². The molecular formula is C17H24O2S. The SMILES string of the molecule is CCc1ccccc1C(O)C1CCOC2(CCSC2)C1. The Morgan fingerprint density at radius 3 is 3.05 bits per heavy atom. The number of aliphatic hydroxyl groups is 1. The molecule has 2 nitrogen and oxygen atoms in total. The van der Waals surface area contributed by atoms with Crippen LogP contribution in [0.4, 0.5) is 0 Å². The summed E-state index contributed by atoms with van der Waals surface area (Å²) in [5, 5.41) is 10.8. The van der Waals surface area contributed by atoms with Crippen molar-refractivity contribution in [1.82, 2.24) is 0 Å². The molecule has 20 heavy (non-hydrogen) atoms. The van der Waals surface area contributed by atoms with Gasteiger partial charge in [0.05, 0.1) is 11.7 Å². The molecule has 1 spiro atoms. The molecule has 2 aliphatic rings. The highest BCUT2D eigenvalue weighted by atomic mass is 32.2. The van der Waals surface area contributed by atoms with Crippen molar-refractivity contribution >= 4 is 11.8 Å². The molecule has 0 aliphatic carbocycles. The van der Waals surface area contributed by atoms with Crippen LogP contribution in [0.15, 0.2) is 24.3 Å². The summed E-state index contributed by atoms with van der Waals surface area (Å²) < 4.78 is 6.07. The quantitative estimate of drug-likeness (QED) is 0.923. The molecule has 0 bridgehead atoms. The van der Waals surface area contributed by atoms with Gasteiger partial charge in [-0.25, -0.2) is 0 Å². The van der Waals surface area contributed by atoms with Gasteiger partial charge < -0.3 is 9.84 Å². The van der Waals surface area contributed by atoms with E-state index in [0.717, 1.165) is 43.6 Å². The number of benzene rings is 1. The Balaban J connectivity index is 1.77. The van der Waals surface area contributed by atoms with Crippen molar-refractivity contribution in [1.29, 1.82) is 0 Å². The van der Waals surface area contributed by atoms with Gasteiger partial charge in [0.1, 0.15) is 0 Å². The average Bonchev–Trinajstić information content (AvgIpc) is 2.94. The van der Waals surface area contributed by atoms with Gasteiger partial charge in [-0.1, -0.05) is 31.2 Å². The number of thioether (sulfide) groups is 1. The fourth-order valence-corrected chi connectivity index (χ4v) is 4.98. The van der Waals surface area contributed by atoms with Gasteiger partial charge in [0.25, 0.3) is 0 Å². The summed E-state index contributed by atoms with van der Waals surface area (Å²) in [4.78, 5) is 0. The Kier molecular flexibility index (Phi) is 4.39. The van der Waals surface area contributed by atoms with Crippen molar-refractivity contribution in [2.45, 2.75) is 44.3 Å². The van der Waals surface area contributed by atoms with Gasteiger partial charge in [0.2, 0.25) is 0 Å². The average molecular weight is 292 g/mol. The predicted octanol–water partition coefficient (Wildman–Crippen LogP) is 3.58. The van der Waals surface area contributed by atoms with Crippen LogP contribution in [0.3, 0.4) is 0 Å². The number of aryl methyl sites for hydroxylation is 1. The van der Waals surface area contributed by atoms with Crippen LogP contribution >= 0.6 is 11.8 Å². The molecule has 2 fully saturated rings. The highest BCUT2D eigenvalue weighted by molar-refractivity contribution is 7.99. The zero-order chi connectivity index (χ0) is 14.0. The van der Waals surface area contributed by atoms with Crippen LogP contribution in [-0.2, 0) is 11.2 Å². The van der Waals surface area contributed by atoms with E-state index in [9.17, 15) is 5.11 Å². The zero-order valence-corrected chi connectivity index (χ0v) is 13.0. The van der Waals surface area contributed by atoms with Crippen LogP contribution in [0.5, 0.6) is 0 Å². The number of hydrogen-bond donors (Lipinski definition) is 1. The molecule has 3 unspecified atom stereocenters. The van der Waals surface area contributed by atoms with Gasteiger partial charge in [-0.15, -0.1) is 0 Å². The van der Waals surface area contributed by atoms with Gasteiger partial charge in [-0.2, -0.15) is 11.8 Å². The maximum absolute atomic E-state index is 10.8. The third-order valence-electron chi connectivity index (χ3n) is 4.80. The Hall–Kier alpha value is -0.510. The number of hydrogen-bond acceptors (Lipinski definition) is 3. The fraction of sp³-hybridized carbons (Fsp3) is 0.647. The number of rotatable bonds is 3. The maximum atomic E-state index is 10.8. The van der Waals surface area contributed by atoms with Gasteiger partial charge in [-0.3, -0.25) is 0 Å². The third kappa shape index (κ3) is 2.76. The van der Waals surface area contributed by atoms with Crippen molar-refractivity contribution in [2.24, 2.45) is 5.92 Å². The molecule has 110 valence electrons. The van der Waals surface area contributed by atoms with E-state index < -0.39 is 0 Å². The van der Waals surface area contributed by atoms with E-state index in [1.807, 2.05) is 17.8 Å². The molecule has 2 heterocycles. The summed E-state index contributed by atoms with van der Waals surface area (Å²) in [6.07, 6.45) is 3.79. The lowest BCUT2D eigenvalue weighted by atomic mass is 9.79. The molecule has 2 saturated heterocycles. The van der Waals surface area contributed by atoms with Crippen molar-refractivity contribution in [3.63, 3.8) is 0 Å². The van der Waals surface area contributed by atoms with Crippen LogP contribution in [0.2, 0.25) is 0 Å². The highest BCUT2D eigenvalue weighted by Crippen LogP contribution is 2.44. The normalized spacial score (nSPS) is 31.6. The summed E-state index contributed by atoms with van der Waals surface area (Å²) in [5.41, 5.74) is 2.46. The Bertz CT molecular complexity index is 454. The zero-order valence-electron chi connectivity index (χ0n) is 12.2. The van der Waals surface area contributed by atoms with Crippen LogP contribution in [0, 0.1) is 5.92 Å². The molecule has 0 aromatic heterocycles. The summed E-state index contributed by atoms with van der Waals surface area (Å²) >= 11 is 1.99. The van der Waals surface area contributed by atoms with Gasteiger partial charge in [0.15, 0.2) is 0 Å². The summed E-state index contributed by atoms with van der Waals surface area (Å²) in [6, 6.07) is 8.33. The number of ether oxygens (including phenoxy) is 1. The van der Waals surface area contributed by atoms with Crippen molar-refractivity contribution in [2.75, 3.05) is 18.1 Å². The van der Waals surface area contributed by atoms with Crippen LogP contribution in [0.25, 0.3) is 0 Å². The van der Waals surface area contributed by atoms with Crippen LogP contribution < -0.4 is 0 Å². The number of aliphatic hydroxyl groups excluding tert-OH is 1. The largest absolute Gasteiger partial charge is 0.388 e. The second-order valence-corrected chi connectivity index (χ2v) is 7.19. The molecule has 2 aliphatic heterocycles. The van der Waals surface area contributed by atoms with Crippen LogP contribution in [-0.4, -0.2) is 28.8 Å². The van der Waals surface area contributed by atoms with E-state index in [-0.39, 0.29) is 11.7 Å². The molecule has 3 heteroatoms. The Morgan fingerprint density at radius 2 is 2.30 bits per heavy atom. The topological polar surface area (TPSA) is 29.5 Å². The first-order valence-corrected chi connectivity index (χ1v) is 8.87. The van der Waals surface area contributed by atoms with E-state index in [1.54, 1.807) is 0 Å². The second kappa shape index (κ2) is 6.08. The highest BCUT2D eigenvalue weighted by Gasteiger charge is 2.42. The van der Waals surface area contributed by atoms with Crippen molar-refractivity contribution in [3.8, 4) is 0 Å². The molecule has 3 atom stereocenters. The molecule has 1 aromatic rings. The molecule has 3 rings (SSSR count). The summed E-state index contributed by atoms with van der Waals surface area (Å²) in [7, 11) is 0. The maximum Gasteiger partial charge on any atom is 0.0822 e. The molecule has 1 N–H and O–H groups in total. The van der Waals surface area contributed by atoms with Crippen LogP contribution in [0.1, 0.15) is 43.4 Å². The Morgan fingerprint density at radius 1 is 1.45 bits per heavy atom. The Labute approximate surface area is 125 Å². The van der Waals surface area contributed by atoms with Crippen molar-refractivity contribution < 1.29 is 9.84 Å². The lowest BCUT2D eigenvalue weighted by Crippen LogP contribution is -2.41. The van der Waals surface area contributed by atoms with E-state index in [0.29, 0.717) is 5.92 Å². The molecule has 0 amide bonds. The van der Waals surface area contributed by atoms with Crippen molar-refractivity contribution in [3.05, 3.63) is 35.4 Å². The first kappa shape index (κ1) is 14.4. The molecule has 0 saturated carbocycles. The van der Waals surface area contributed by atoms with Gasteiger partial charge in [-0.05, 0) is 48.5 Å². The minimum Gasteiger partial charge on any atom is -0.388 e. The predicted molar refractivity (Wildman–Crippen MR) is 84.1 cm³/mol. The lowest BCUT2D eigenvalue weighted by molar-refractivity contribution is -0.102. The van der Waals surface area contributed by atoms with E-state index in [4.69, 9.17) is 4.74 Å². The smallest absolute Gasteiger partial charge is 0.0822 e. The molecule has 1 aromatic carbocycles. The first-order chi connectivity index (χ1) is 9.74. The van der Waals surface area contributed by atoms with E-state index in [2.05, 4.69) is 25.1 Å². The minimum atomic E-state index is -0.336. The minimum absolute atomic E-state index is 0.0513.